The number of fused-ring (bicyclic) bond motifs is 5. The number of aromatic amines is 1. The smallest absolute Gasteiger partial charge is 0.260 e. The number of nitrogens with zero attached hydrogens (tertiary/aromatic N) is 2. The van der Waals surface area contributed by atoms with Crippen LogP contribution in [0.2, 0.25) is 0 Å². The van der Waals surface area contributed by atoms with Crippen molar-refractivity contribution in [3.8, 4) is 11.5 Å². The van der Waals surface area contributed by atoms with Crippen LogP contribution in [0.5, 0.6) is 11.5 Å². The van der Waals surface area contributed by atoms with Gasteiger partial charge in [-0.15, -0.1) is 0 Å². The number of aryl methyl sites for hydroxylation is 1. The molecule has 208 valence electrons. The summed E-state index contributed by atoms with van der Waals surface area (Å²) in [7, 11) is 1.60. The minimum absolute atomic E-state index is 0.0420. The van der Waals surface area contributed by atoms with Gasteiger partial charge in [-0.2, -0.15) is 0 Å². The Morgan fingerprint density at radius 2 is 1.70 bits per heavy atom. The van der Waals surface area contributed by atoms with E-state index in [1.54, 1.807) is 18.0 Å². The second-order valence-corrected chi connectivity index (χ2v) is 10.1. The zero-order valence-electron chi connectivity index (χ0n) is 22.3. The third-order valence-electron chi connectivity index (χ3n) is 7.16. The molecule has 40 heavy (non-hydrogen) atoms. The van der Waals surface area contributed by atoms with E-state index in [0.717, 1.165) is 11.1 Å². The van der Waals surface area contributed by atoms with Gasteiger partial charge >= 0.3 is 0 Å². The van der Waals surface area contributed by atoms with E-state index in [0.29, 0.717) is 30.9 Å². The van der Waals surface area contributed by atoms with Crippen LogP contribution in [0.25, 0.3) is 0 Å². The number of aromatic nitrogens is 1. The van der Waals surface area contributed by atoms with Crippen LogP contribution in [-0.4, -0.2) is 71.3 Å². The molecule has 2 aliphatic heterocycles. The van der Waals surface area contributed by atoms with Gasteiger partial charge in [-0.3, -0.25) is 19.2 Å². The van der Waals surface area contributed by atoms with E-state index in [2.05, 4.69) is 10.3 Å². The molecule has 3 aromatic rings. The predicted octanol–water partition coefficient (Wildman–Crippen LogP) is 2.49. The summed E-state index contributed by atoms with van der Waals surface area (Å²) in [5.74, 6) is 0.417. The van der Waals surface area contributed by atoms with Gasteiger partial charge in [0.05, 0.1) is 25.3 Å². The third-order valence-corrected chi connectivity index (χ3v) is 7.16. The summed E-state index contributed by atoms with van der Waals surface area (Å²) >= 11 is 0. The summed E-state index contributed by atoms with van der Waals surface area (Å²) < 4.78 is 12.4. The molecule has 0 aliphatic carbocycles. The molecule has 1 aromatic heterocycles. The molecule has 2 N–H and O–H groups in total. The Morgan fingerprint density at radius 1 is 0.950 bits per heavy atom. The number of benzene rings is 2. The number of nitrogens with one attached hydrogen (secondary N) is 2. The molecule has 3 amide bonds. The fourth-order valence-electron chi connectivity index (χ4n) is 5.01. The molecular formula is C30H32N4O6. The van der Waals surface area contributed by atoms with Gasteiger partial charge in [-0.05, 0) is 60.4 Å². The number of likely N-dealkylation sites (tertiary alicyclic amines) is 1. The Hall–Kier alpha value is -4.44. The zero-order valence-corrected chi connectivity index (χ0v) is 22.3. The Balaban J connectivity index is 1.38. The lowest BCUT2D eigenvalue weighted by Gasteiger charge is -2.39. The van der Waals surface area contributed by atoms with Crippen LogP contribution in [-0.2, 0) is 27.4 Å². The lowest BCUT2D eigenvalue weighted by molar-refractivity contribution is -0.135. The Bertz CT molecular complexity index is 1450. The number of rotatable bonds is 1. The van der Waals surface area contributed by atoms with Gasteiger partial charge in [0, 0.05) is 32.8 Å². The summed E-state index contributed by atoms with van der Waals surface area (Å²) in [6, 6.07) is 17.8. The first-order chi connectivity index (χ1) is 19.4. The highest BCUT2D eigenvalue weighted by Crippen LogP contribution is 2.25. The highest BCUT2D eigenvalue weighted by Gasteiger charge is 2.34. The molecule has 1 saturated heterocycles. The van der Waals surface area contributed by atoms with Gasteiger partial charge in [-0.1, -0.05) is 24.3 Å². The van der Waals surface area contributed by atoms with Crippen molar-refractivity contribution in [2.75, 3.05) is 26.7 Å². The van der Waals surface area contributed by atoms with E-state index in [9.17, 15) is 19.2 Å². The number of carbonyl (C=O) groups is 3. The number of piperidine rings is 1. The number of H-pyrrole nitrogens is 1. The summed E-state index contributed by atoms with van der Waals surface area (Å²) in [6.07, 6.45) is 2.30. The first-order valence-electron chi connectivity index (χ1n) is 13.3. The topological polar surface area (TPSA) is 121 Å². The van der Waals surface area contributed by atoms with Crippen LogP contribution < -0.4 is 15.6 Å². The first-order valence-corrected chi connectivity index (χ1v) is 13.3. The van der Waals surface area contributed by atoms with Crippen molar-refractivity contribution in [1.82, 2.24) is 20.1 Å². The molecule has 2 aliphatic rings. The van der Waals surface area contributed by atoms with E-state index in [-0.39, 0.29) is 49.6 Å². The molecule has 3 heterocycles. The maximum atomic E-state index is 13.1. The molecule has 2 aromatic carbocycles. The number of ether oxygens (including phenoxy) is 2. The van der Waals surface area contributed by atoms with Gasteiger partial charge in [-0.25, -0.2) is 0 Å². The van der Waals surface area contributed by atoms with Gasteiger partial charge in [0.1, 0.15) is 17.1 Å². The van der Waals surface area contributed by atoms with Crippen LogP contribution in [0.3, 0.4) is 0 Å². The molecule has 2 atom stereocenters. The highest BCUT2D eigenvalue weighted by molar-refractivity contribution is 5.94. The minimum atomic E-state index is -0.533. The van der Waals surface area contributed by atoms with Crippen LogP contribution in [0.4, 0.5) is 0 Å². The number of carbonyl (C=O) groups excluding carboxylic acids is 3. The Kier molecular flexibility index (Phi) is 8.26. The second-order valence-electron chi connectivity index (χ2n) is 10.1. The van der Waals surface area contributed by atoms with Crippen molar-refractivity contribution < 1.29 is 23.9 Å². The average Bonchev–Trinajstić information content (AvgIpc) is 2.95. The van der Waals surface area contributed by atoms with Gasteiger partial charge in [0.15, 0.2) is 0 Å². The maximum absolute atomic E-state index is 13.1. The van der Waals surface area contributed by atoms with Gasteiger partial charge in [0.25, 0.3) is 11.5 Å². The Labute approximate surface area is 231 Å². The lowest BCUT2D eigenvalue weighted by atomic mass is 10.0. The molecule has 10 heteroatoms. The predicted molar refractivity (Wildman–Crippen MR) is 147 cm³/mol. The zero-order chi connectivity index (χ0) is 28.1. The largest absolute Gasteiger partial charge is 0.457 e. The van der Waals surface area contributed by atoms with Crippen molar-refractivity contribution >= 4 is 17.7 Å². The molecule has 1 fully saturated rings. The molecule has 0 unspecified atom stereocenters. The standard InChI is InChI=1S/C30H32N4O6/c1-33-18-27(35)32-25-17-34(30(38)24-9-4-13-31-29(24)37)14-12-26(25)39-19-21-6-3-8-23(16-21)40-22-7-2-5-20(15-22)10-11-28(33)36/h2-9,13,15-16,25-26H,10-12,14,17-19H2,1H3,(H,31,37)(H,32,35)/t25-,26+/m0/s1. The van der Waals surface area contributed by atoms with E-state index in [4.69, 9.17) is 9.47 Å². The van der Waals surface area contributed by atoms with Crippen LogP contribution >= 0.6 is 0 Å². The molecule has 0 spiro atoms. The molecular weight excluding hydrogens is 512 g/mol. The molecule has 0 saturated carbocycles. The number of amides is 3. The summed E-state index contributed by atoms with van der Waals surface area (Å²) in [6.45, 7) is 0.680. The van der Waals surface area contributed by atoms with Crippen molar-refractivity contribution in [3.05, 3.63) is 93.9 Å². The van der Waals surface area contributed by atoms with Crippen molar-refractivity contribution in [2.45, 2.75) is 38.0 Å². The minimum Gasteiger partial charge on any atom is -0.457 e. The second kappa shape index (κ2) is 12.2. The lowest BCUT2D eigenvalue weighted by Crippen LogP contribution is -2.58. The monoisotopic (exact) mass is 544 g/mol. The van der Waals surface area contributed by atoms with Crippen molar-refractivity contribution in [2.24, 2.45) is 0 Å². The van der Waals surface area contributed by atoms with E-state index in [1.807, 2.05) is 48.5 Å². The number of hydrogen-bond donors (Lipinski definition) is 2. The first kappa shape index (κ1) is 27.1. The Morgan fingerprint density at radius 3 is 2.48 bits per heavy atom. The normalized spacial score (nSPS) is 20.4. The molecule has 4 bridgehead atoms. The van der Waals surface area contributed by atoms with Crippen molar-refractivity contribution in [3.63, 3.8) is 0 Å². The number of pyridine rings is 1. The molecule has 5 rings (SSSR count). The number of likely N-dealkylation sites (N-methyl/N-ethyl adjacent to an activating group) is 1. The SMILES string of the molecule is CN1CC(=O)N[C@H]2CN(C(=O)c3ccc[nH]c3=O)CC[C@H]2OCc2cccc(c2)Oc2cccc(c2)CCC1=O. The van der Waals surface area contributed by atoms with E-state index < -0.39 is 17.5 Å². The van der Waals surface area contributed by atoms with Crippen molar-refractivity contribution in [1.29, 1.82) is 0 Å². The van der Waals surface area contributed by atoms with E-state index >= 15 is 0 Å². The van der Waals surface area contributed by atoms with Crippen LogP contribution in [0.1, 0.15) is 34.3 Å². The van der Waals surface area contributed by atoms with Crippen LogP contribution in [0, 0.1) is 0 Å². The quantitative estimate of drug-likeness (QED) is 0.486. The molecule has 0 radical (unpaired) electrons. The third kappa shape index (κ3) is 6.58. The maximum Gasteiger partial charge on any atom is 0.260 e. The number of hydrogen-bond acceptors (Lipinski definition) is 6. The summed E-state index contributed by atoms with van der Waals surface area (Å²) in [4.78, 5) is 56.6. The van der Waals surface area contributed by atoms with E-state index in [1.165, 1.54) is 17.2 Å². The van der Waals surface area contributed by atoms with Gasteiger partial charge in [0.2, 0.25) is 11.8 Å². The molecule has 10 nitrogen and oxygen atoms in total. The van der Waals surface area contributed by atoms with Crippen LogP contribution in [0.15, 0.2) is 71.7 Å². The fraction of sp³-hybridized carbons (Fsp3) is 0.333. The van der Waals surface area contributed by atoms with Gasteiger partial charge < -0.3 is 29.6 Å². The fourth-order valence-corrected chi connectivity index (χ4v) is 5.01. The average molecular weight is 545 g/mol. The highest BCUT2D eigenvalue weighted by atomic mass is 16.5. The summed E-state index contributed by atoms with van der Waals surface area (Å²) in [5, 5.41) is 2.97. The summed E-state index contributed by atoms with van der Waals surface area (Å²) in [5.41, 5.74) is 1.43.